The summed E-state index contributed by atoms with van der Waals surface area (Å²) in [5.74, 6) is -2.45. The first-order valence-corrected chi connectivity index (χ1v) is 11.1. The minimum absolute atomic E-state index is 0.0625. The molecule has 0 aliphatic rings. The van der Waals surface area contributed by atoms with E-state index < -0.39 is 23.9 Å². The maximum atomic E-state index is 11.6. The third-order valence-electron chi connectivity index (χ3n) is 4.02. The number of hydrogen-bond donors (Lipinski definition) is 2. The fraction of sp³-hybridized carbons (Fsp3) is 0.591. The van der Waals surface area contributed by atoms with Crippen LogP contribution in [0.5, 0.6) is 0 Å². The number of carboxylic acids is 1. The van der Waals surface area contributed by atoms with Gasteiger partial charge in [-0.2, -0.15) is 11.8 Å². The fourth-order valence-corrected chi connectivity index (χ4v) is 3.31. The fourth-order valence-electron chi connectivity index (χ4n) is 2.31. The molecule has 0 radical (unpaired) electrons. The topological polar surface area (TPSA) is 92.7 Å². The Labute approximate surface area is 178 Å². The van der Waals surface area contributed by atoms with Crippen LogP contribution >= 0.6 is 11.8 Å². The van der Waals surface area contributed by atoms with Gasteiger partial charge in [0.05, 0.1) is 6.61 Å². The normalized spacial score (nSPS) is 12.9. The van der Waals surface area contributed by atoms with Gasteiger partial charge >= 0.3 is 17.8 Å². The van der Waals surface area contributed by atoms with E-state index in [1.165, 1.54) is 28.5 Å². The maximum absolute atomic E-state index is 11.6. The number of rotatable bonds is 13. The van der Waals surface area contributed by atoms with Crippen molar-refractivity contribution in [3.05, 3.63) is 34.9 Å². The van der Waals surface area contributed by atoms with Crippen LogP contribution in [0.1, 0.15) is 60.3 Å². The average Bonchev–Trinajstić information content (AvgIpc) is 2.63. The smallest absolute Gasteiger partial charge is 0.396 e. The SMILES string of the molecule is CCOC(=O)C(=O)N[C@@H](CSC/C=C(\C)CC/C=C(\C)CCC=C(C)C)C(=O)O. The highest BCUT2D eigenvalue weighted by Gasteiger charge is 2.24. The largest absolute Gasteiger partial charge is 0.480 e. The van der Waals surface area contributed by atoms with Crippen LogP contribution in [-0.2, 0) is 19.1 Å². The van der Waals surface area contributed by atoms with E-state index in [1.54, 1.807) is 6.92 Å². The molecule has 0 aliphatic heterocycles. The molecule has 0 bridgehead atoms. The Morgan fingerprint density at radius 3 is 2.14 bits per heavy atom. The molecule has 0 fully saturated rings. The molecule has 0 heterocycles. The second-order valence-corrected chi connectivity index (χ2v) is 8.16. The van der Waals surface area contributed by atoms with Gasteiger partial charge in [0, 0.05) is 11.5 Å². The number of carbonyl (C=O) groups is 3. The van der Waals surface area contributed by atoms with E-state index in [9.17, 15) is 19.5 Å². The number of nitrogens with one attached hydrogen (secondary N) is 1. The van der Waals surface area contributed by atoms with E-state index in [4.69, 9.17) is 0 Å². The molecule has 0 rings (SSSR count). The standard InChI is InChI=1S/C22H35NO5S/c1-6-28-22(27)20(24)23-19(21(25)26)15-29-14-13-18(5)12-8-11-17(4)10-7-9-16(2)3/h9,11,13,19H,6-8,10,12,14-15H2,1-5H3,(H,23,24)(H,25,26)/b17-11+,18-13+/t19-/m0/s1. The molecular weight excluding hydrogens is 390 g/mol. The number of esters is 1. The molecule has 0 spiro atoms. The first kappa shape index (κ1) is 27.0. The molecule has 0 saturated carbocycles. The van der Waals surface area contributed by atoms with Crippen LogP contribution in [0.4, 0.5) is 0 Å². The number of thioether (sulfide) groups is 1. The van der Waals surface area contributed by atoms with Crippen molar-refractivity contribution in [1.29, 1.82) is 0 Å². The zero-order valence-electron chi connectivity index (χ0n) is 18.2. The Balaban J connectivity index is 4.27. The quantitative estimate of drug-likeness (QED) is 0.198. The van der Waals surface area contributed by atoms with E-state index in [1.807, 2.05) is 0 Å². The number of ether oxygens (including phenoxy) is 1. The zero-order valence-corrected chi connectivity index (χ0v) is 19.1. The van der Waals surface area contributed by atoms with Gasteiger partial charge in [-0.1, -0.05) is 34.9 Å². The Kier molecular flexibility index (Phi) is 14.7. The van der Waals surface area contributed by atoms with Crippen LogP contribution in [0.2, 0.25) is 0 Å². The molecule has 1 atom stereocenters. The molecule has 164 valence electrons. The van der Waals surface area contributed by atoms with Crippen molar-refractivity contribution in [2.24, 2.45) is 0 Å². The highest BCUT2D eigenvalue weighted by molar-refractivity contribution is 7.99. The highest BCUT2D eigenvalue weighted by atomic mass is 32.2. The van der Waals surface area contributed by atoms with E-state index in [2.05, 4.69) is 56.0 Å². The number of carbonyl (C=O) groups excluding carboxylic acids is 2. The van der Waals surface area contributed by atoms with Gasteiger partial charge in [0.15, 0.2) is 0 Å². The predicted octanol–water partition coefficient (Wildman–Crippen LogP) is 4.27. The van der Waals surface area contributed by atoms with Gasteiger partial charge in [-0.25, -0.2) is 9.59 Å². The highest BCUT2D eigenvalue weighted by Crippen LogP contribution is 2.13. The predicted molar refractivity (Wildman–Crippen MR) is 119 cm³/mol. The van der Waals surface area contributed by atoms with Crippen molar-refractivity contribution in [3.8, 4) is 0 Å². The molecule has 29 heavy (non-hydrogen) atoms. The molecule has 0 aromatic carbocycles. The maximum Gasteiger partial charge on any atom is 0.396 e. The Morgan fingerprint density at radius 2 is 1.59 bits per heavy atom. The van der Waals surface area contributed by atoms with Crippen LogP contribution in [0.3, 0.4) is 0 Å². The summed E-state index contributed by atoms with van der Waals surface area (Å²) in [6.45, 7) is 10.1. The lowest BCUT2D eigenvalue weighted by Crippen LogP contribution is -2.46. The number of aliphatic carboxylic acids is 1. The number of amides is 1. The van der Waals surface area contributed by atoms with E-state index >= 15 is 0 Å². The van der Waals surface area contributed by atoms with Crippen molar-refractivity contribution in [2.45, 2.75) is 66.3 Å². The summed E-state index contributed by atoms with van der Waals surface area (Å²) in [5, 5.41) is 11.4. The lowest BCUT2D eigenvalue weighted by atomic mass is 10.1. The van der Waals surface area contributed by atoms with Crippen molar-refractivity contribution in [1.82, 2.24) is 5.32 Å². The van der Waals surface area contributed by atoms with E-state index in [0.717, 1.165) is 25.7 Å². The van der Waals surface area contributed by atoms with Crippen molar-refractivity contribution < 1.29 is 24.2 Å². The number of hydrogen-bond acceptors (Lipinski definition) is 5. The lowest BCUT2D eigenvalue weighted by molar-refractivity contribution is -0.155. The molecular formula is C22H35NO5S. The zero-order chi connectivity index (χ0) is 22.2. The Hall–Kier alpha value is -2.02. The van der Waals surface area contributed by atoms with Crippen molar-refractivity contribution >= 4 is 29.6 Å². The summed E-state index contributed by atoms with van der Waals surface area (Å²) in [4.78, 5) is 34.1. The summed E-state index contributed by atoms with van der Waals surface area (Å²) >= 11 is 1.39. The van der Waals surface area contributed by atoms with Crippen LogP contribution < -0.4 is 5.32 Å². The second-order valence-electron chi connectivity index (χ2n) is 7.08. The van der Waals surface area contributed by atoms with Crippen molar-refractivity contribution in [2.75, 3.05) is 18.1 Å². The summed E-state index contributed by atoms with van der Waals surface area (Å²) < 4.78 is 4.56. The van der Waals surface area contributed by atoms with Gasteiger partial charge in [-0.15, -0.1) is 0 Å². The molecule has 2 N–H and O–H groups in total. The number of carboxylic acid groups (broad SMARTS) is 1. The van der Waals surface area contributed by atoms with Crippen LogP contribution in [0.15, 0.2) is 34.9 Å². The average molecular weight is 426 g/mol. The first-order chi connectivity index (χ1) is 13.7. The summed E-state index contributed by atoms with van der Waals surface area (Å²) in [6.07, 6.45) is 10.7. The molecule has 0 unspecified atom stereocenters. The third-order valence-corrected chi connectivity index (χ3v) is 4.99. The molecule has 0 aromatic heterocycles. The van der Waals surface area contributed by atoms with Crippen LogP contribution in [0.25, 0.3) is 0 Å². The molecule has 0 aromatic rings. The monoisotopic (exact) mass is 425 g/mol. The third kappa shape index (κ3) is 14.6. The van der Waals surface area contributed by atoms with Crippen molar-refractivity contribution in [3.63, 3.8) is 0 Å². The van der Waals surface area contributed by atoms with E-state index in [-0.39, 0.29) is 12.4 Å². The minimum Gasteiger partial charge on any atom is -0.480 e. The Morgan fingerprint density at radius 1 is 1.00 bits per heavy atom. The van der Waals surface area contributed by atoms with Crippen LogP contribution in [0, 0.1) is 0 Å². The molecule has 6 nitrogen and oxygen atoms in total. The Bertz CT molecular complexity index is 633. The molecule has 0 aliphatic carbocycles. The minimum atomic E-state index is -1.18. The van der Waals surface area contributed by atoms with Gasteiger partial charge in [-0.3, -0.25) is 4.79 Å². The first-order valence-electron chi connectivity index (χ1n) is 9.90. The second kappa shape index (κ2) is 15.9. The van der Waals surface area contributed by atoms with Gasteiger partial charge < -0.3 is 15.2 Å². The molecule has 7 heteroatoms. The van der Waals surface area contributed by atoms with Crippen LogP contribution in [-0.4, -0.2) is 47.1 Å². The summed E-state index contributed by atoms with van der Waals surface area (Å²) in [5.41, 5.74) is 3.99. The molecule has 1 amide bonds. The van der Waals surface area contributed by atoms with E-state index in [0.29, 0.717) is 5.75 Å². The van der Waals surface area contributed by atoms with Gasteiger partial charge in [0.1, 0.15) is 6.04 Å². The van der Waals surface area contributed by atoms with Gasteiger partial charge in [0.2, 0.25) is 0 Å². The summed E-state index contributed by atoms with van der Waals surface area (Å²) in [6, 6.07) is -1.13. The lowest BCUT2D eigenvalue weighted by Gasteiger charge is -2.13. The van der Waals surface area contributed by atoms with Gasteiger partial charge in [-0.05, 0) is 60.3 Å². The van der Waals surface area contributed by atoms with Gasteiger partial charge in [0.25, 0.3) is 0 Å². The number of allylic oxidation sites excluding steroid dienone is 5. The summed E-state index contributed by atoms with van der Waals surface area (Å²) in [7, 11) is 0. The molecule has 0 saturated heterocycles.